The predicted molar refractivity (Wildman–Crippen MR) is 107 cm³/mol. The van der Waals surface area contributed by atoms with Crippen LogP contribution >= 0.6 is 11.3 Å². The van der Waals surface area contributed by atoms with E-state index in [0.29, 0.717) is 16.1 Å². The zero-order chi connectivity index (χ0) is 18.7. The summed E-state index contributed by atoms with van der Waals surface area (Å²) in [6.45, 7) is 6.03. The molecule has 1 aromatic carbocycles. The van der Waals surface area contributed by atoms with E-state index in [2.05, 4.69) is 17.1 Å². The molecule has 0 spiro atoms. The van der Waals surface area contributed by atoms with Crippen LogP contribution in [0.5, 0.6) is 0 Å². The van der Waals surface area contributed by atoms with Crippen LogP contribution in [-0.4, -0.2) is 24.9 Å². The van der Waals surface area contributed by atoms with Crippen molar-refractivity contribution in [3.63, 3.8) is 0 Å². The highest BCUT2D eigenvalue weighted by Crippen LogP contribution is 2.31. The molecule has 5 nitrogen and oxygen atoms in total. The maximum absolute atomic E-state index is 12.8. The van der Waals surface area contributed by atoms with Gasteiger partial charge in [-0.25, -0.2) is 0 Å². The predicted octanol–water partition coefficient (Wildman–Crippen LogP) is 3.96. The lowest BCUT2D eigenvalue weighted by Gasteiger charge is -2.30. The second kappa shape index (κ2) is 7.91. The molecule has 0 saturated carbocycles. The number of thiophene rings is 1. The number of hydrogen-bond donors (Lipinski definition) is 2. The highest BCUT2D eigenvalue weighted by atomic mass is 32.1. The van der Waals surface area contributed by atoms with E-state index in [4.69, 9.17) is 5.73 Å². The van der Waals surface area contributed by atoms with Crippen molar-refractivity contribution in [2.45, 2.75) is 39.5 Å². The summed E-state index contributed by atoms with van der Waals surface area (Å²) >= 11 is 1.50. The summed E-state index contributed by atoms with van der Waals surface area (Å²) in [5, 5.41) is 3.01. The summed E-state index contributed by atoms with van der Waals surface area (Å²) < 4.78 is 0. The van der Waals surface area contributed by atoms with Crippen LogP contribution in [0.1, 0.15) is 56.7 Å². The maximum atomic E-state index is 12.8. The quantitative estimate of drug-likeness (QED) is 0.835. The fourth-order valence-corrected chi connectivity index (χ4v) is 4.38. The van der Waals surface area contributed by atoms with Crippen molar-refractivity contribution in [1.82, 2.24) is 0 Å². The summed E-state index contributed by atoms with van der Waals surface area (Å²) in [6, 6.07) is 7.25. The standard InChI is InChI=1S/C20H25N3O2S/c1-3-14-12-18(26-13(14)2)20(25)22-16-11-15(19(21)24)7-8-17(16)23-9-5-4-6-10-23/h7-8,11-12H,3-6,9-10H2,1-2H3,(H2,21,24)(H,22,25). The molecule has 0 aliphatic carbocycles. The largest absolute Gasteiger partial charge is 0.370 e. The maximum Gasteiger partial charge on any atom is 0.265 e. The Hall–Kier alpha value is -2.34. The summed E-state index contributed by atoms with van der Waals surface area (Å²) in [6.07, 6.45) is 4.40. The van der Waals surface area contributed by atoms with Gasteiger partial charge in [0, 0.05) is 23.5 Å². The molecule has 1 aliphatic heterocycles. The molecule has 1 aliphatic rings. The average Bonchev–Trinajstić information content (AvgIpc) is 3.03. The molecule has 3 rings (SSSR count). The molecule has 26 heavy (non-hydrogen) atoms. The summed E-state index contributed by atoms with van der Waals surface area (Å²) in [5.74, 6) is -0.636. The number of primary amides is 1. The van der Waals surface area contributed by atoms with Gasteiger partial charge in [0.1, 0.15) is 0 Å². The molecule has 2 aromatic rings. The molecular formula is C20H25N3O2S. The van der Waals surface area contributed by atoms with Gasteiger partial charge >= 0.3 is 0 Å². The molecule has 6 heteroatoms. The van der Waals surface area contributed by atoms with E-state index >= 15 is 0 Å². The molecule has 1 saturated heterocycles. The lowest BCUT2D eigenvalue weighted by atomic mass is 10.1. The molecule has 0 unspecified atom stereocenters. The van der Waals surface area contributed by atoms with Crippen LogP contribution in [0.15, 0.2) is 24.3 Å². The second-order valence-corrected chi connectivity index (χ2v) is 7.90. The minimum absolute atomic E-state index is 0.141. The number of rotatable bonds is 5. The van der Waals surface area contributed by atoms with E-state index in [0.717, 1.165) is 38.0 Å². The van der Waals surface area contributed by atoms with Crippen molar-refractivity contribution in [3.8, 4) is 0 Å². The van der Waals surface area contributed by atoms with Gasteiger partial charge in [0.15, 0.2) is 0 Å². The van der Waals surface area contributed by atoms with E-state index in [1.807, 2.05) is 19.1 Å². The molecule has 3 N–H and O–H groups in total. The van der Waals surface area contributed by atoms with Gasteiger partial charge in [-0.3, -0.25) is 9.59 Å². The van der Waals surface area contributed by atoms with Gasteiger partial charge in [0.05, 0.1) is 16.3 Å². The third kappa shape index (κ3) is 3.90. The number of hydrogen-bond acceptors (Lipinski definition) is 4. The van der Waals surface area contributed by atoms with E-state index in [1.165, 1.54) is 28.2 Å². The van der Waals surface area contributed by atoms with Gasteiger partial charge in [-0.1, -0.05) is 6.92 Å². The summed E-state index contributed by atoms with van der Waals surface area (Å²) in [4.78, 5) is 28.5. The Morgan fingerprint density at radius 1 is 1.19 bits per heavy atom. The fourth-order valence-electron chi connectivity index (χ4n) is 3.37. The fraction of sp³-hybridized carbons (Fsp3) is 0.400. The van der Waals surface area contributed by atoms with Crippen LogP contribution in [0.25, 0.3) is 0 Å². The Kier molecular flexibility index (Phi) is 5.61. The first-order valence-electron chi connectivity index (χ1n) is 9.09. The van der Waals surface area contributed by atoms with E-state index in [9.17, 15) is 9.59 Å². The van der Waals surface area contributed by atoms with E-state index < -0.39 is 5.91 Å². The highest BCUT2D eigenvalue weighted by Gasteiger charge is 2.19. The number of carbonyl (C=O) groups is 2. The number of piperidine rings is 1. The normalized spacial score (nSPS) is 14.3. The van der Waals surface area contributed by atoms with Gasteiger partial charge in [0.2, 0.25) is 5.91 Å². The van der Waals surface area contributed by atoms with Gasteiger partial charge in [-0.15, -0.1) is 11.3 Å². The molecule has 138 valence electrons. The van der Waals surface area contributed by atoms with Crippen LogP contribution in [0, 0.1) is 6.92 Å². The molecular weight excluding hydrogens is 346 g/mol. The Morgan fingerprint density at radius 3 is 2.54 bits per heavy atom. The summed E-state index contributed by atoms with van der Waals surface area (Å²) in [7, 11) is 0. The number of nitrogens with two attached hydrogens (primary N) is 1. The van der Waals surface area contributed by atoms with Crippen molar-refractivity contribution >= 4 is 34.5 Å². The lowest BCUT2D eigenvalue weighted by Crippen LogP contribution is -2.30. The van der Waals surface area contributed by atoms with E-state index in [-0.39, 0.29) is 5.91 Å². The number of aryl methyl sites for hydroxylation is 2. The second-order valence-electron chi connectivity index (χ2n) is 6.64. The first kappa shape index (κ1) is 18.5. The van der Waals surface area contributed by atoms with Crippen molar-refractivity contribution in [1.29, 1.82) is 0 Å². The number of amides is 2. The Bertz CT molecular complexity index is 822. The Labute approximate surface area is 158 Å². The monoisotopic (exact) mass is 371 g/mol. The van der Waals surface area contributed by atoms with Crippen LogP contribution < -0.4 is 16.0 Å². The molecule has 2 heterocycles. The van der Waals surface area contributed by atoms with Gasteiger partial charge in [-0.2, -0.15) is 0 Å². The molecule has 1 fully saturated rings. The average molecular weight is 372 g/mol. The molecule has 1 aromatic heterocycles. The third-order valence-corrected chi connectivity index (χ3v) is 5.94. The van der Waals surface area contributed by atoms with E-state index in [1.54, 1.807) is 12.1 Å². The van der Waals surface area contributed by atoms with Crippen molar-refractivity contribution in [3.05, 3.63) is 45.1 Å². The zero-order valence-electron chi connectivity index (χ0n) is 15.3. The molecule has 0 radical (unpaired) electrons. The third-order valence-electron chi connectivity index (χ3n) is 4.85. The number of nitrogens with one attached hydrogen (secondary N) is 1. The Morgan fingerprint density at radius 2 is 1.92 bits per heavy atom. The van der Waals surface area contributed by atoms with Crippen LogP contribution in [0.3, 0.4) is 0 Å². The van der Waals surface area contributed by atoms with Gasteiger partial charge < -0.3 is 16.0 Å². The smallest absolute Gasteiger partial charge is 0.265 e. The topological polar surface area (TPSA) is 75.4 Å². The van der Waals surface area contributed by atoms with Crippen molar-refractivity contribution < 1.29 is 9.59 Å². The summed E-state index contributed by atoms with van der Waals surface area (Å²) in [5.41, 5.74) is 8.63. The number of benzene rings is 1. The number of anilines is 2. The minimum atomic E-state index is -0.495. The molecule has 2 amide bonds. The first-order valence-corrected chi connectivity index (χ1v) is 9.90. The van der Waals surface area contributed by atoms with Gasteiger partial charge in [-0.05, 0) is 62.4 Å². The minimum Gasteiger partial charge on any atom is -0.370 e. The van der Waals surface area contributed by atoms with Gasteiger partial charge in [0.25, 0.3) is 5.91 Å². The number of carbonyl (C=O) groups excluding carboxylic acids is 2. The molecule has 0 atom stereocenters. The highest BCUT2D eigenvalue weighted by molar-refractivity contribution is 7.14. The van der Waals surface area contributed by atoms with Crippen LogP contribution in [-0.2, 0) is 6.42 Å². The Balaban J connectivity index is 1.91. The van der Waals surface area contributed by atoms with Crippen molar-refractivity contribution in [2.24, 2.45) is 5.73 Å². The van der Waals surface area contributed by atoms with Crippen molar-refractivity contribution in [2.75, 3.05) is 23.3 Å². The zero-order valence-corrected chi connectivity index (χ0v) is 16.1. The molecule has 0 bridgehead atoms. The van der Waals surface area contributed by atoms with Crippen LogP contribution in [0.4, 0.5) is 11.4 Å². The van der Waals surface area contributed by atoms with Crippen LogP contribution in [0.2, 0.25) is 0 Å². The lowest BCUT2D eigenvalue weighted by molar-refractivity contribution is 0.0996. The first-order chi connectivity index (χ1) is 12.5. The number of nitrogens with zero attached hydrogens (tertiary/aromatic N) is 1. The SMILES string of the molecule is CCc1cc(C(=O)Nc2cc(C(N)=O)ccc2N2CCCCC2)sc1C.